The molecule has 1 aliphatic heterocycles. The predicted octanol–water partition coefficient (Wildman–Crippen LogP) is 0.145. The van der Waals surface area contributed by atoms with Gasteiger partial charge in [0.2, 0.25) is 5.91 Å². The van der Waals surface area contributed by atoms with Crippen LogP contribution in [0.4, 0.5) is 0 Å². The van der Waals surface area contributed by atoms with Crippen LogP contribution in [0.3, 0.4) is 0 Å². The molecule has 0 aliphatic carbocycles. The van der Waals surface area contributed by atoms with Crippen LogP contribution in [-0.2, 0) is 14.3 Å². The normalized spacial score (nSPS) is 23.1. The molecule has 1 rings (SSSR count). The van der Waals surface area contributed by atoms with Crippen LogP contribution in [0, 0.1) is 0 Å². The van der Waals surface area contributed by atoms with E-state index >= 15 is 0 Å². The molecule has 1 saturated heterocycles. The first-order valence-corrected chi connectivity index (χ1v) is 4.73. The van der Waals surface area contributed by atoms with Gasteiger partial charge < -0.3 is 15.2 Å². The molecule has 2 N–H and O–H groups in total. The van der Waals surface area contributed by atoms with Gasteiger partial charge >= 0.3 is 5.97 Å². The van der Waals surface area contributed by atoms with Crippen molar-refractivity contribution in [3.63, 3.8) is 0 Å². The van der Waals surface area contributed by atoms with Crippen LogP contribution in [0.1, 0.15) is 26.2 Å². The third-order valence-electron chi connectivity index (χ3n) is 2.18. The molecule has 80 valence electrons. The molecule has 1 heterocycles. The van der Waals surface area contributed by atoms with Gasteiger partial charge in [-0.25, -0.2) is 0 Å². The highest BCUT2D eigenvalue weighted by Gasteiger charge is 2.21. The summed E-state index contributed by atoms with van der Waals surface area (Å²) >= 11 is 0. The second-order valence-corrected chi connectivity index (χ2v) is 3.47. The number of carboxylic acids is 1. The van der Waals surface area contributed by atoms with Gasteiger partial charge in [0.15, 0.2) is 0 Å². The maximum atomic E-state index is 11.3. The van der Waals surface area contributed by atoms with E-state index in [0.717, 1.165) is 12.8 Å². The fourth-order valence-electron chi connectivity index (χ4n) is 1.37. The summed E-state index contributed by atoms with van der Waals surface area (Å²) in [6.07, 6.45) is 2.09. The molecule has 1 unspecified atom stereocenters. The second kappa shape index (κ2) is 4.95. The Balaban J connectivity index is 2.24. The van der Waals surface area contributed by atoms with Gasteiger partial charge in [-0.1, -0.05) is 0 Å². The molecule has 0 aromatic rings. The summed E-state index contributed by atoms with van der Waals surface area (Å²) < 4.78 is 5.26. The van der Waals surface area contributed by atoms with E-state index in [9.17, 15) is 9.59 Å². The number of hydrogen-bond acceptors (Lipinski definition) is 3. The van der Waals surface area contributed by atoms with Crippen molar-refractivity contribution in [1.82, 2.24) is 5.32 Å². The van der Waals surface area contributed by atoms with Crippen molar-refractivity contribution in [2.24, 2.45) is 0 Å². The first-order chi connectivity index (χ1) is 6.59. The van der Waals surface area contributed by atoms with E-state index in [1.807, 2.05) is 0 Å². The van der Waals surface area contributed by atoms with E-state index in [4.69, 9.17) is 9.84 Å². The molecule has 5 heteroatoms. The number of aliphatic carboxylic acids is 1. The molecule has 1 fully saturated rings. The van der Waals surface area contributed by atoms with Crippen LogP contribution in [0.15, 0.2) is 0 Å². The Bertz CT molecular complexity index is 223. The van der Waals surface area contributed by atoms with Crippen LogP contribution in [0.5, 0.6) is 0 Å². The van der Waals surface area contributed by atoms with Crippen molar-refractivity contribution >= 4 is 11.9 Å². The minimum absolute atomic E-state index is 0.0315. The zero-order chi connectivity index (χ0) is 10.6. The fourth-order valence-corrected chi connectivity index (χ4v) is 1.37. The Morgan fingerprint density at radius 2 is 2.36 bits per heavy atom. The number of amides is 1. The van der Waals surface area contributed by atoms with E-state index in [-0.39, 0.29) is 18.4 Å². The number of rotatable bonds is 4. The molecule has 0 aromatic carbocycles. The number of carbonyl (C=O) groups is 2. The lowest BCUT2D eigenvalue weighted by molar-refractivity contribution is -0.141. The molecule has 1 aliphatic rings. The Hall–Kier alpha value is -1.10. The average Bonchev–Trinajstić information content (AvgIpc) is 2.56. The summed E-state index contributed by atoms with van der Waals surface area (Å²) in [6, 6.07) is -0.830. The third-order valence-corrected chi connectivity index (χ3v) is 2.18. The zero-order valence-electron chi connectivity index (χ0n) is 8.16. The molecule has 0 saturated carbocycles. The van der Waals surface area contributed by atoms with Gasteiger partial charge in [0, 0.05) is 6.61 Å². The molecule has 0 spiro atoms. The Morgan fingerprint density at radius 1 is 1.64 bits per heavy atom. The number of hydrogen-bond donors (Lipinski definition) is 2. The number of carboxylic acid groups (broad SMARTS) is 1. The molecule has 5 nitrogen and oxygen atoms in total. The maximum Gasteiger partial charge on any atom is 0.325 e. The van der Waals surface area contributed by atoms with Crippen LogP contribution in [0.25, 0.3) is 0 Å². The smallest absolute Gasteiger partial charge is 0.325 e. The van der Waals surface area contributed by atoms with Crippen molar-refractivity contribution in [2.75, 3.05) is 6.61 Å². The summed E-state index contributed by atoms with van der Waals surface area (Å²) in [4.78, 5) is 21.7. The van der Waals surface area contributed by atoms with Crippen molar-refractivity contribution in [1.29, 1.82) is 0 Å². The molecule has 0 bridgehead atoms. The molecular weight excluding hydrogens is 186 g/mol. The summed E-state index contributed by atoms with van der Waals surface area (Å²) in [7, 11) is 0. The standard InChI is InChI=1S/C9H15NO4/c1-6(9(12)13)10-8(11)5-7-3-2-4-14-7/h6-7H,2-5H2,1H3,(H,10,11)(H,12,13)/t6-,7?/m1/s1. The van der Waals surface area contributed by atoms with Crippen molar-refractivity contribution in [3.8, 4) is 0 Å². The Labute approximate surface area is 82.4 Å². The lowest BCUT2D eigenvalue weighted by atomic mass is 10.1. The fraction of sp³-hybridized carbons (Fsp3) is 0.778. The van der Waals surface area contributed by atoms with Gasteiger partial charge in [-0.15, -0.1) is 0 Å². The molecule has 2 atom stereocenters. The van der Waals surface area contributed by atoms with Crippen LogP contribution >= 0.6 is 0 Å². The van der Waals surface area contributed by atoms with Crippen molar-refractivity contribution < 1.29 is 19.4 Å². The Kier molecular flexibility index (Phi) is 3.88. The number of ether oxygens (including phenoxy) is 1. The predicted molar refractivity (Wildman–Crippen MR) is 48.8 cm³/mol. The van der Waals surface area contributed by atoms with E-state index in [1.54, 1.807) is 0 Å². The van der Waals surface area contributed by atoms with Crippen LogP contribution < -0.4 is 5.32 Å². The van der Waals surface area contributed by atoms with Gasteiger partial charge in [-0.3, -0.25) is 9.59 Å². The topological polar surface area (TPSA) is 75.6 Å². The summed E-state index contributed by atoms with van der Waals surface area (Å²) in [5.41, 5.74) is 0. The minimum atomic E-state index is -1.02. The molecule has 0 radical (unpaired) electrons. The Morgan fingerprint density at radius 3 is 2.86 bits per heavy atom. The molecule has 14 heavy (non-hydrogen) atoms. The van der Waals surface area contributed by atoms with E-state index in [0.29, 0.717) is 6.61 Å². The quantitative estimate of drug-likeness (QED) is 0.678. The van der Waals surface area contributed by atoms with Gasteiger partial charge in [0.25, 0.3) is 0 Å². The SMILES string of the molecule is C[C@@H](NC(=O)CC1CCCO1)C(=O)O. The minimum Gasteiger partial charge on any atom is -0.480 e. The van der Waals surface area contributed by atoms with E-state index < -0.39 is 12.0 Å². The zero-order valence-corrected chi connectivity index (χ0v) is 8.16. The van der Waals surface area contributed by atoms with Crippen LogP contribution in [-0.4, -0.2) is 35.7 Å². The number of carbonyl (C=O) groups excluding carboxylic acids is 1. The van der Waals surface area contributed by atoms with E-state index in [1.165, 1.54) is 6.92 Å². The summed E-state index contributed by atoms with van der Waals surface area (Å²) in [5.74, 6) is -1.28. The van der Waals surface area contributed by atoms with Crippen molar-refractivity contribution in [3.05, 3.63) is 0 Å². The third kappa shape index (κ3) is 3.33. The summed E-state index contributed by atoms with van der Waals surface area (Å²) in [6.45, 7) is 2.14. The van der Waals surface area contributed by atoms with Gasteiger partial charge in [-0.2, -0.15) is 0 Å². The summed E-state index contributed by atoms with van der Waals surface area (Å²) in [5, 5.41) is 10.9. The molecular formula is C9H15NO4. The lowest BCUT2D eigenvalue weighted by Crippen LogP contribution is -2.39. The second-order valence-electron chi connectivity index (χ2n) is 3.47. The monoisotopic (exact) mass is 201 g/mol. The molecule has 1 amide bonds. The van der Waals surface area contributed by atoms with Gasteiger partial charge in [0.1, 0.15) is 6.04 Å². The van der Waals surface area contributed by atoms with E-state index in [2.05, 4.69) is 5.32 Å². The molecule has 0 aromatic heterocycles. The highest BCUT2D eigenvalue weighted by atomic mass is 16.5. The lowest BCUT2D eigenvalue weighted by Gasteiger charge is -2.12. The largest absolute Gasteiger partial charge is 0.480 e. The maximum absolute atomic E-state index is 11.3. The first kappa shape index (κ1) is 11.0. The average molecular weight is 201 g/mol. The van der Waals surface area contributed by atoms with Crippen molar-refractivity contribution in [2.45, 2.75) is 38.3 Å². The van der Waals surface area contributed by atoms with Gasteiger partial charge in [0.05, 0.1) is 12.5 Å². The highest BCUT2D eigenvalue weighted by Crippen LogP contribution is 2.14. The van der Waals surface area contributed by atoms with Gasteiger partial charge in [-0.05, 0) is 19.8 Å². The first-order valence-electron chi connectivity index (χ1n) is 4.73. The van der Waals surface area contributed by atoms with Crippen LogP contribution in [0.2, 0.25) is 0 Å². The number of nitrogens with one attached hydrogen (secondary N) is 1. The highest BCUT2D eigenvalue weighted by molar-refractivity contribution is 5.83.